The zero-order chi connectivity index (χ0) is 21.1. The number of likely N-dealkylation sites (N-methyl/N-ethyl adjacent to an activating group) is 1. The first-order chi connectivity index (χ1) is 14.5. The smallest absolute Gasteiger partial charge is 0.275 e. The number of thiazole rings is 1. The minimum absolute atomic E-state index is 0.221. The Morgan fingerprint density at radius 1 is 1.17 bits per heavy atom. The van der Waals surface area contributed by atoms with Gasteiger partial charge in [0.05, 0.1) is 11.2 Å². The van der Waals surface area contributed by atoms with Crippen LogP contribution in [0.3, 0.4) is 0 Å². The molecule has 1 amide bonds. The number of rotatable bonds is 6. The fraction of sp³-hybridized carbons (Fsp3) is 0.300. The second kappa shape index (κ2) is 8.68. The molecule has 10 heteroatoms. The van der Waals surface area contributed by atoms with E-state index >= 15 is 0 Å². The van der Waals surface area contributed by atoms with E-state index in [4.69, 9.17) is 4.42 Å². The molecule has 0 atom stereocenters. The van der Waals surface area contributed by atoms with Gasteiger partial charge in [-0.2, -0.15) is 4.31 Å². The molecule has 0 radical (unpaired) electrons. The van der Waals surface area contributed by atoms with Crippen LogP contribution in [0, 0.1) is 0 Å². The van der Waals surface area contributed by atoms with Crippen molar-refractivity contribution in [3.05, 3.63) is 53.7 Å². The summed E-state index contributed by atoms with van der Waals surface area (Å²) in [6.45, 7) is 5.42. The van der Waals surface area contributed by atoms with Gasteiger partial charge in [0.2, 0.25) is 10.0 Å². The van der Waals surface area contributed by atoms with Gasteiger partial charge < -0.3 is 14.6 Å². The normalized spacial score (nSPS) is 15.9. The van der Waals surface area contributed by atoms with E-state index in [1.165, 1.54) is 27.8 Å². The highest BCUT2D eigenvalue weighted by molar-refractivity contribution is 7.89. The maximum atomic E-state index is 12.9. The number of piperazine rings is 1. The third kappa shape index (κ3) is 4.31. The van der Waals surface area contributed by atoms with Crippen molar-refractivity contribution in [2.24, 2.45) is 0 Å². The SMILES string of the molecule is CCN1CCN(S(=O)(=O)c2ccc(NC(=O)c3csc(-c4ccco4)n3)cc2)CC1. The van der Waals surface area contributed by atoms with Crippen LogP contribution in [0.2, 0.25) is 0 Å². The van der Waals surface area contributed by atoms with Gasteiger partial charge in [-0.15, -0.1) is 11.3 Å². The molecule has 1 fully saturated rings. The van der Waals surface area contributed by atoms with E-state index in [9.17, 15) is 13.2 Å². The Morgan fingerprint density at radius 3 is 2.53 bits per heavy atom. The van der Waals surface area contributed by atoms with Crippen LogP contribution in [-0.2, 0) is 10.0 Å². The van der Waals surface area contributed by atoms with E-state index in [2.05, 4.69) is 22.1 Å². The second-order valence-corrected chi connectivity index (χ2v) is 9.63. The van der Waals surface area contributed by atoms with E-state index < -0.39 is 10.0 Å². The molecule has 1 saturated heterocycles. The Labute approximate surface area is 179 Å². The molecular weight excluding hydrogens is 424 g/mol. The van der Waals surface area contributed by atoms with Crippen molar-refractivity contribution >= 4 is 33.0 Å². The quantitative estimate of drug-likeness (QED) is 0.625. The third-order valence-corrected chi connectivity index (χ3v) is 7.77. The summed E-state index contributed by atoms with van der Waals surface area (Å²) in [5, 5.41) is 5.02. The van der Waals surface area contributed by atoms with Gasteiger partial charge in [-0.05, 0) is 42.9 Å². The lowest BCUT2D eigenvalue weighted by Gasteiger charge is -2.33. The zero-order valence-corrected chi connectivity index (χ0v) is 18.1. The maximum absolute atomic E-state index is 12.9. The van der Waals surface area contributed by atoms with E-state index in [1.54, 1.807) is 35.9 Å². The number of anilines is 1. The van der Waals surface area contributed by atoms with Gasteiger partial charge in [0.25, 0.3) is 5.91 Å². The summed E-state index contributed by atoms with van der Waals surface area (Å²) in [6.07, 6.45) is 1.55. The second-order valence-electron chi connectivity index (χ2n) is 6.83. The highest BCUT2D eigenvalue weighted by Gasteiger charge is 2.28. The van der Waals surface area contributed by atoms with Crippen molar-refractivity contribution in [3.8, 4) is 10.8 Å². The number of sulfonamides is 1. The molecule has 0 unspecified atom stereocenters. The molecule has 0 saturated carbocycles. The first-order valence-corrected chi connectivity index (χ1v) is 11.9. The predicted octanol–water partition coefficient (Wildman–Crippen LogP) is 2.98. The van der Waals surface area contributed by atoms with Gasteiger partial charge in [0, 0.05) is 37.2 Å². The van der Waals surface area contributed by atoms with Crippen LogP contribution in [0.5, 0.6) is 0 Å². The van der Waals surface area contributed by atoms with Crippen molar-refractivity contribution in [2.45, 2.75) is 11.8 Å². The topological polar surface area (TPSA) is 95.8 Å². The van der Waals surface area contributed by atoms with E-state index in [-0.39, 0.29) is 16.5 Å². The molecule has 1 aliphatic heterocycles. The number of nitrogens with zero attached hydrogens (tertiary/aromatic N) is 3. The van der Waals surface area contributed by atoms with Crippen molar-refractivity contribution in [2.75, 3.05) is 38.0 Å². The van der Waals surface area contributed by atoms with Crippen LogP contribution in [0.4, 0.5) is 5.69 Å². The van der Waals surface area contributed by atoms with Gasteiger partial charge >= 0.3 is 0 Å². The number of amides is 1. The number of aromatic nitrogens is 1. The summed E-state index contributed by atoms with van der Waals surface area (Å²) < 4.78 is 32.5. The zero-order valence-electron chi connectivity index (χ0n) is 16.4. The van der Waals surface area contributed by atoms with Crippen LogP contribution in [0.25, 0.3) is 10.8 Å². The minimum atomic E-state index is -3.54. The minimum Gasteiger partial charge on any atom is -0.462 e. The standard InChI is InChI=1S/C20H22N4O4S2/c1-2-23-9-11-24(12-10-23)30(26,27)16-7-5-15(6-8-16)21-19(25)17-14-29-20(22-17)18-4-3-13-28-18/h3-8,13-14H,2,9-12H2,1H3,(H,21,25). The molecule has 8 nitrogen and oxygen atoms in total. The van der Waals surface area contributed by atoms with Crippen LogP contribution >= 0.6 is 11.3 Å². The highest BCUT2D eigenvalue weighted by atomic mass is 32.2. The number of hydrogen-bond donors (Lipinski definition) is 1. The fourth-order valence-electron chi connectivity index (χ4n) is 3.23. The van der Waals surface area contributed by atoms with Crippen molar-refractivity contribution < 1.29 is 17.6 Å². The molecule has 0 spiro atoms. The largest absolute Gasteiger partial charge is 0.462 e. The molecule has 0 bridgehead atoms. The molecule has 1 N–H and O–H groups in total. The van der Waals surface area contributed by atoms with E-state index in [1.807, 2.05) is 0 Å². The number of hydrogen-bond acceptors (Lipinski definition) is 7. The Hall–Kier alpha value is -2.53. The lowest BCUT2D eigenvalue weighted by Crippen LogP contribution is -2.48. The summed E-state index contributed by atoms with van der Waals surface area (Å²) in [4.78, 5) is 19.2. The molecule has 4 rings (SSSR count). The van der Waals surface area contributed by atoms with Crippen LogP contribution in [-0.4, -0.2) is 61.2 Å². The summed E-state index contributed by atoms with van der Waals surface area (Å²) in [5.41, 5.74) is 0.777. The molecule has 1 aliphatic rings. The molecule has 2 aromatic heterocycles. The number of carbonyl (C=O) groups is 1. The monoisotopic (exact) mass is 446 g/mol. The average Bonchev–Trinajstić information content (AvgIpc) is 3.46. The van der Waals surface area contributed by atoms with Crippen LogP contribution in [0.1, 0.15) is 17.4 Å². The number of carbonyl (C=O) groups excluding carboxylic acids is 1. The highest BCUT2D eigenvalue weighted by Crippen LogP contribution is 2.25. The van der Waals surface area contributed by atoms with Crippen molar-refractivity contribution in [1.29, 1.82) is 0 Å². The molecule has 30 heavy (non-hydrogen) atoms. The molecular formula is C20H22N4O4S2. The third-order valence-electron chi connectivity index (χ3n) is 5.00. The predicted molar refractivity (Wildman–Crippen MR) is 115 cm³/mol. The number of nitrogens with one attached hydrogen (secondary N) is 1. The van der Waals surface area contributed by atoms with Gasteiger partial charge in [-0.1, -0.05) is 6.92 Å². The number of furan rings is 1. The Morgan fingerprint density at radius 2 is 1.90 bits per heavy atom. The molecule has 3 aromatic rings. The Kier molecular flexibility index (Phi) is 6.00. The fourth-order valence-corrected chi connectivity index (χ4v) is 5.42. The van der Waals surface area contributed by atoms with Crippen molar-refractivity contribution in [1.82, 2.24) is 14.2 Å². The average molecular weight is 447 g/mol. The summed E-state index contributed by atoms with van der Waals surface area (Å²) in [5.74, 6) is 0.240. The van der Waals surface area contributed by atoms with Gasteiger partial charge in [0.1, 0.15) is 5.69 Å². The van der Waals surface area contributed by atoms with E-state index in [0.717, 1.165) is 19.6 Å². The van der Waals surface area contributed by atoms with E-state index in [0.29, 0.717) is 29.5 Å². The van der Waals surface area contributed by atoms with Gasteiger partial charge in [-0.25, -0.2) is 13.4 Å². The molecule has 3 heterocycles. The van der Waals surface area contributed by atoms with Crippen LogP contribution < -0.4 is 5.32 Å². The first-order valence-electron chi connectivity index (χ1n) is 9.60. The van der Waals surface area contributed by atoms with Gasteiger partial charge in [-0.3, -0.25) is 4.79 Å². The lowest BCUT2D eigenvalue weighted by molar-refractivity contribution is 0.102. The summed E-state index contributed by atoms with van der Waals surface area (Å²) in [7, 11) is -3.54. The maximum Gasteiger partial charge on any atom is 0.275 e. The lowest BCUT2D eigenvalue weighted by atomic mass is 10.3. The number of benzene rings is 1. The van der Waals surface area contributed by atoms with Gasteiger partial charge in [0.15, 0.2) is 10.8 Å². The molecule has 158 valence electrons. The van der Waals surface area contributed by atoms with Crippen molar-refractivity contribution in [3.63, 3.8) is 0 Å². The first kappa shape index (κ1) is 20.7. The Balaban J connectivity index is 1.42. The summed E-state index contributed by atoms with van der Waals surface area (Å²) in [6, 6.07) is 9.76. The Bertz CT molecular complexity index is 1100. The molecule has 1 aromatic carbocycles. The molecule has 0 aliphatic carbocycles. The summed E-state index contributed by atoms with van der Waals surface area (Å²) >= 11 is 1.32. The van der Waals surface area contributed by atoms with Crippen LogP contribution in [0.15, 0.2) is 57.4 Å².